The lowest BCUT2D eigenvalue weighted by Crippen LogP contribution is -2.06. The van der Waals surface area contributed by atoms with Gasteiger partial charge >= 0.3 is 0 Å². The van der Waals surface area contributed by atoms with Crippen molar-refractivity contribution in [1.29, 1.82) is 5.26 Å². The molecule has 0 heterocycles. The molecule has 0 aromatic rings. The number of nitrogens with zero attached hydrogens (tertiary/aromatic N) is 1. The Kier molecular flexibility index (Phi) is 13.2. The second-order valence-corrected chi connectivity index (χ2v) is 1.37. The van der Waals surface area contributed by atoms with Gasteiger partial charge in [-0.3, -0.25) is 0 Å². The van der Waals surface area contributed by atoms with Gasteiger partial charge in [0.1, 0.15) is 0 Å². The maximum atomic E-state index is 8.02. The van der Waals surface area contributed by atoms with Crippen molar-refractivity contribution in [2.24, 2.45) is 0 Å². The van der Waals surface area contributed by atoms with Crippen molar-refractivity contribution < 1.29 is 0 Å². The molecule has 0 unspecified atom stereocenters. The Morgan fingerprint density at radius 3 is 2.62 bits per heavy atom. The lowest BCUT2D eigenvalue weighted by molar-refractivity contribution is 0.739. The molecule has 1 N–H and O–H groups in total. The fourth-order valence-corrected chi connectivity index (χ4v) is 0.344. The molecule has 0 atom stereocenters. The third kappa shape index (κ3) is 9.22. The Morgan fingerprint density at radius 2 is 2.25 bits per heavy atom. The first-order valence-corrected chi connectivity index (χ1v) is 2.43. The van der Waals surface area contributed by atoms with E-state index in [9.17, 15) is 0 Å². The van der Waals surface area contributed by atoms with E-state index in [2.05, 4.69) is 11.4 Å². The predicted octanol–water partition coefficient (Wildman–Crippen LogP) is 0.931. The molecule has 0 aliphatic carbocycles. The van der Waals surface area contributed by atoms with Crippen LogP contribution >= 0.6 is 12.4 Å². The lowest BCUT2D eigenvalue weighted by Gasteiger charge is -1.88. The van der Waals surface area contributed by atoms with Gasteiger partial charge in [0.15, 0.2) is 0 Å². The number of nitriles is 1. The van der Waals surface area contributed by atoms with Crippen molar-refractivity contribution in [2.45, 2.75) is 12.8 Å². The van der Waals surface area contributed by atoms with E-state index in [0.29, 0.717) is 6.42 Å². The van der Waals surface area contributed by atoms with Gasteiger partial charge in [-0.1, -0.05) is 0 Å². The zero-order valence-corrected chi connectivity index (χ0v) is 5.79. The first-order valence-electron chi connectivity index (χ1n) is 2.43. The number of hydrogen-bond acceptors (Lipinski definition) is 2. The Labute approximate surface area is 56.3 Å². The van der Waals surface area contributed by atoms with Crippen LogP contribution in [0.2, 0.25) is 0 Å². The number of halogens is 1. The first-order chi connectivity index (χ1) is 3.41. The average molecular weight is 135 g/mol. The third-order valence-electron chi connectivity index (χ3n) is 0.715. The molecule has 48 valence electrons. The van der Waals surface area contributed by atoms with Crippen molar-refractivity contribution in [2.75, 3.05) is 13.6 Å². The van der Waals surface area contributed by atoms with E-state index in [1.807, 2.05) is 7.05 Å². The molecule has 8 heavy (non-hydrogen) atoms. The SMILES string of the molecule is CNCCCC#N.Cl. The molecule has 0 aromatic carbocycles. The van der Waals surface area contributed by atoms with Crippen LogP contribution in [-0.4, -0.2) is 13.6 Å². The quantitative estimate of drug-likeness (QED) is 0.583. The van der Waals surface area contributed by atoms with Crippen molar-refractivity contribution in [3.05, 3.63) is 0 Å². The summed E-state index contributed by atoms with van der Waals surface area (Å²) in [6.45, 7) is 0.952. The van der Waals surface area contributed by atoms with Crippen molar-refractivity contribution in [1.82, 2.24) is 5.32 Å². The van der Waals surface area contributed by atoms with Crippen LogP contribution in [-0.2, 0) is 0 Å². The highest BCUT2D eigenvalue weighted by molar-refractivity contribution is 5.85. The largest absolute Gasteiger partial charge is 0.320 e. The average Bonchev–Trinajstić information content (AvgIpc) is 1.69. The number of nitrogens with one attached hydrogen (secondary N) is 1. The smallest absolute Gasteiger partial charge is 0.0622 e. The Hall–Kier alpha value is -0.260. The highest BCUT2D eigenvalue weighted by Crippen LogP contribution is 1.79. The summed E-state index contributed by atoms with van der Waals surface area (Å²) in [7, 11) is 1.89. The van der Waals surface area contributed by atoms with Gasteiger partial charge in [-0.25, -0.2) is 0 Å². The maximum Gasteiger partial charge on any atom is 0.0622 e. The summed E-state index contributed by atoms with van der Waals surface area (Å²) >= 11 is 0. The minimum atomic E-state index is 0. The normalized spacial score (nSPS) is 7.00. The first kappa shape index (κ1) is 10.7. The van der Waals surface area contributed by atoms with Crippen LogP contribution in [0.5, 0.6) is 0 Å². The zero-order chi connectivity index (χ0) is 5.54. The van der Waals surface area contributed by atoms with Crippen molar-refractivity contribution in [3.63, 3.8) is 0 Å². The molecule has 2 nitrogen and oxygen atoms in total. The molecule has 0 aliphatic heterocycles. The van der Waals surface area contributed by atoms with Gasteiger partial charge in [0.2, 0.25) is 0 Å². The van der Waals surface area contributed by atoms with E-state index in [4.69, 9.17) is 5.26 Å². The molecule has 0 spiro atoms. The summed E-state index contributed by atoms with van der Waals surface area (Å²) in [5.74, 6) is 0. The third-order valence-corrected chi connectivity index (χ3v) is 0.715. The molecule has 0 saturated heterocycles. The van der Waals surface area contributed by atoms with Gasteiger partial charge in [0, 0.05) is 6.42 Å². The van der Waals surface area contributed by atoms with Gasteiger partial charge in [-0.2, -0.15) is 5.26 Å². The number of unbranched alkanes of at least 4 members (excludes halogenated alkanes) is 1. The highest BCUT2D eigenvalue weighted by Gasteiger charge is 1.78. The fraction of sp³-hybridized carbons (Fsp3) is 0.800. The monoisotopic (exact) mass is 134 g/mol. The van der Waals surface area contributed by atoms with Crippen LogP contribution in [0.15, 0.2) is 0 Å². The molecule has 0 amide bonds. The second-order valence-electron chi connectivity index (χ2n) is 1.37. The summed E-state index contributed by atoms with van der Waals surface area (Å²) in [6.07, 6.45) is 1.63. The van der Waals surface area contributed by atoms with Crippen LogP contribution in [0.4, 0.5) is 0 Å². The van der Waals surface area contributed by atoms with Gasteiger partial charge < -0.3 is 5.32 Å². The predicted molar refractivity (Wildman–Crippen MR) is 36.0 cm³/mol. The van der Waals surface area contributed by atoms with Crippen molar-refractivity contribution in [3.8, 4) is 6.07 Å². The van der Waals surface area contributed by atoms with E-state index in [-0.39, 0.29) is 12.4 Å². The van der Waals surface area contributed by atoms with Crippen LogP contribution < -0.4 is 5.32 Å². The molecule has 0 rings (SSSR count). The minimum Gasteiger partial charge on any atom is -0.320 e. The Bertz CT molecular complexity index is 67.3. The minimum absolute atomic E-state index is 0. The highest BCUT2D eigenvalue weighted by atomic mass is 35.5. The van der Waals surface area contributed by atoms with Crippen LogP contribution in [0.1, 0.15) is 12.8 Å². The summed E-state index contributed by atoms with van der Waals surface area (Å²) < 4.78 is 0. The summed E-state index contributed by atoms with van der Waals surface area (Å²) in [5.41, 5.74) is 0. The maximum absolute atomic E-state index is 8.02. The van der Waals surface area contributed by atoms with Gasteiger partial charge in [0.25, 0.3) is 0 Å². The number of hydrogen-bond donors (Lipinski definition) is 1. The molecule has 0 aromatic heterocycles. The van der Waals surface area contributed by atoms with E-state index >= 15 is 0 Å². The van der Waals surface area contributed by atoms with Crippen LogP contribution in [0, 0.1) is 11.3 Å². The van der Waals surface area contributed by atoms with E-state index in [1.165, 1.54) is 0 Å². The van der Waals surface area contributed by atoms with Crippen LogP contribution in [0.3, 0.4) is 0 Å². The van der Waals surface area contributed by atoms with Gasteiger partial charge in [-0.05, 0) is 20.0 Å². The molecular formula is C5H11ClN2. The summed E-state index contributed by atoms with van der Waals surface area (Å²) in [5, 5.41) is 11.0. The van der Waals surface area contributed by atoms with Gasteiger partial charge in [-0.15, -0.1) is 12.4 Å². The van der Waals surface area contributed by atoms with E-state index in [0.717, 1.165) is 13.0 Å². The fourth-order valence-electron chi connectivity index (χ4n) is 0.344. The molecule has 0 radical (unpaired) electrons. The van der Waals surface area contributed by atoms with E-state index in [1.54, 1.807) is 0 Å². The lowest BCUT2D eigenvalue weighted by atomic mass is 10.3. The molecule has 0 saturated carbocycles. The molecule has 0 bridgehead atoms. The van der Waals surface area contributed by atoms with Crippen LogP contribution in [0.25, 0.3) is 0 Å². The second kappa shape index (κ2) is 9.88. The molecule has 3 heteroatoms. The number of rotatable bonds is 3. The van der Waals surface area contributed by atoms with E-state index < -0.39 is 0 Å². The topological polar surface area (TPSA) is 35.8 Å². The summed E-state index contributed by atoms with van der Waals surface area (Å²) in [6, 6.07) is 2.06. The standard InChI is InChI=1S/C5H10N2.ClH/c1-7-5-3-2-4-6;/h7H,2-3,5H2,1H3;1H. The molecule has 0 aliphatic rings. The van der Waals surface area contributed by atoms with Gasteiger partial charge in [0.05, 0.1) is 6.07 Å². The molecule has 0 fully saturated rings. The molecular weight excluding hydrogens is 124 g/mol. The summed E-state index contributed by atoms with van der Waals surface area (Å²) in [4.78, 5) is 0. The Balaban J connectivity index is 0. The van der Waals surface area contributed by atoms with Crippen molar-refractivity contribution >= 4 is 12.4 Å². The Morgan fingerprint density at radius 1 is 1.62 bits per heavy atom. The zero-order valence-electron chi connectivity index (χ0n) is 4.98.